The Morgan fingerprint density at radius 2 is 1.82 bits per heavy atom. The summed E-state index contributed by atoms with van der Waals surface area (Å²) < 4.78 is 32.2. The number of nitrogens with one attached hydrogen (secondary N) is 2. The van der Waals surface area contributed by atoms with Gasteiger partial charge in [0.2, 0.25) is 21.8 Å². The van der Waals surface area contributed by atoms with Crippen LogP contribution in [0.25, 0.3) is 11.3 Å². The average Bonchev–Trinajstić information content (AvgIpc) is 3.66. The van der Waals surface area contributed by atoms with Crippen molar-refractivity contribution in [2.75, 3.05) is 16.6 Å². The predicted octanol–water partition coefficient (Wildman–Crippen LogP) is 2.55. The molecule has 0 aliphatic heterocycles. The van der Waals surface area contributed by atoms with Crippen LogP contribution >= 0.6 is 0 Å². The maximum Gasteiger partial charge on any atom is 0.237 e. The van der Waals surface area contributed by atoms with E-state index in [0.717, 1.165) is 0 Å². The van der Waals surface area contributed by atoms with Crippen LogP contribution in [0.3, 0.4) is 0 Å². The molecule has 2 N–H and O–H groups in total. The number of amides is 1. The van der Waals surface area contributed by atoms with Crippen LogP contribution in [-0.2, 0) is 20.2 Å². The molecule has 178 valence electrons. The molecule has 0 radical (unpaired) electrons. The fourth-order valence-corrected chi connectivity index (χ4v) is 4.35. The van der Waals surface area contributed by atoms with E-state index in [9.17, 15) is 13.2 Å². The number of carbonyl (C=O) groups is 1. The van der Waals surface area contributed by atoms with Crippen LogP contribution in [0.15, 0.2) is 43.1 Å². The lowest BCUT2D eigenvalue weighted by Gasteiger charge is -2.23. The summed E-state index contributed by atoms with van der Waals surface area (Å²) in [6, 6.07) is 3.42. The van der Waals surface area contributed by atoms with E-state index >= 15 is 0 Å². The Morgan fingerprint density at radius 3 is 2.50 bits per heavy atom. The number of ether oxygens (including phenoxy) is 1. The molecule has 1 saturated carbocycles. The molecule has 3 heterocycles. The van der Waals surface area contributed by atoms with Gasteiger partial charge in [-0.3, -0.25) is 19.5 Å². The first-order chi connectivity index (χ1) is 16.2. The quantitative estimate of drug-likeness (QED) is 0.468. The average molecular weight is 484 g/mol. The largest absolute Gasteiger partial charge is 0.477 e. The zero-order chi connectivity index (χ0) is 24.3. The van der Waals surface area contributed by atoms with Crippen LogP contribution in [0, 0.1) is 0 Å². The summed E-state index contributed by atoms with van der Waals surface area (Å²) in [7, 11) is -3.48. The van der Waals surface area contributed by atoms with Crippen molar-refractivity contribution in [3.05, 3.63) is 48.8 Å². The molecule has 11 nitrogen and oxygen atoms in total. The van der Waals surface area contributed by atoms with Crippen LogP contribution in [-0.4, -0.2) is 51.1 Å². The van der Waals surface area contributed by atoms with E-state index in [2.05, 4.69) is 35.0 Å². The zero-order valence-electron chi connectivity index (χ0n) is 19.0. The van der Waals surface area contributed by atoms with Crippen molar-refractivity contribution in [1.29, 1.82) is 0 Å². The second kappa shape index (κ2) is 9.29. The van der Waals surface area contributed by atoms with Crippen molar-refractivity contribution in [2.24, 2.45) is 0 Å². The Balaban J connectivity index is 1.46. The van der Waals surface area contributed by atoms with Crippen molar-refractivity contribution in [2.45, 2.75) is 44.3 Å². The van der Waals surface area contributed by atoms with Gasteiger partial charge in [0.1, 0.15) is 5.82 Å². The number of pyridine rings is 1. The highest BCUT2D eigenvalue weighted by atomic mass is 32.2. The first-order valence-corrected chi connectivity index (χ1v) is 12.3. The molecule has 34 heavy (non-hydrogen) atoms. The Labute approximate surface area is 197 Å². The Hall–Kier alpha value is -3.67. The summed E-state index contributed by atoms with van der Waals surface area (Å²) >= 11 is 0. The number of sulfonamides is 1. The molecular formula is C22H25N7O4S. The third kappa shape index (κ3) is 5.28. The summed E-state index contributed by atoms with van der Waals surface area (Å²) in [5.41, 5.74) is 0.525. The van der Waals surface area contributed by atoms with E-state index in [-0.39, 0.29) is 11.7 Å². The van der Waals surface area contributed by atoms with Crippen LogP contribution in [0.2, 0.25) is 0 Å². The van der Waals surface area contributed by atoms with Crippen LogP contribution < -0.4 is 14.8 Å². The number of aromatic nitrogens is 5. The summed E-state index contributed by atoms with van der Waals surface area (Å²) in [5, 5.41) is 2.38. The van der Waals surface area contributed by atoms with E-state index in [0.29, 0.717) is 48.1 Å². The van der Waals surface area contributed by atoms with Gasteiger partial charge < -0.3 is 10.1 Å². The molecule has 1 aliphatic rings. The van der Waals surface area contributed by atoms with Gasteiger partial charge in [0, 0.05) is 18.0 Å². The number of hydrogen-bond acceptors (Lipinski definition) is 9. The molecule has 1 aliphatic carbocycles. The fourth-order valence-electron chi connectivity index (χ4n) is 3.04. The highest BCUT2D eigenvalue weighted by molar-refractivity contribution is 7.93. The minimum Gasteiger partial charge on any atom is -0.477 e. The van der Waals surface area contributed by atoms with Gasteiger partial charge in [-0.15, -0.1) is 0 Å². The first kappa shape index (κ1) is 23.5. The maximum atomic E-state index is 13.0. The maximum absolute atomic E-state index is 13.0. The lowest BCUT2D eigenvalue weighted by molar-refractivity contribution is -0.120. The molecule has 0 spiro atoms. The Bertz CT molecular complexity index is 1290. The molecule has 0 atom stereocenters. The van der Waals surface area contributed by atoms with Gasteiger partial charge in [0.25, 0.3) is 0 Å². The molecular weight excluding hydrogens is 458 g/mol. The second-order valence-electron chi connectivity index (χ2n) is 8.32. The Morgan fingerprint density at radius 1 is 1.06 bits per heavy atom. The fraction of sp³-hybridized carbons (Fsp3) is 0.364. The van der Waals surface area contributed by atoms with Gasteiger partial charge in [-0.1, -0.05) is 0 Å². The number of carbonyl (C=O) groups excluding carboxylic acids is 1. The lowest BCUT2D eigenvalue weighted by atomic mass is 9.88. The van der Waals surface area contributed by atoms with Crippen molar-refractivity contribution < 1.29 is 17.9 Å². The number of rotatable bonds is 9. The SMILES string of the molecule is CCOc1cncc(-c2ccc(NC(=O)C(C)(C)c3cncc(NS(=O)(=O)C4CC4)n3)nc2)n1. The predicted molar refractivity (Wildman–Crippen MR) is 126 cm³/mol. The van der Waals surface area contributed by atoms with E-state index in [1.165, 1.54) is 18.6 Å². The zero-order valence-corrected chi connectivity index (χ0v) is 19.8. The van der Waals surface area contributed by atoms with E-state index in [4.69, 9.17) is 4.74 Å². The first-order valence-electron chi connectivity index (χ1n) is 10.8. The van der Waals surface area contributed by atoms with E-state index in [1.54, 1.807) is 38.4 Å². The van der Waals surface area contributed by atoms with E-state index in [1.807, 2.05) is 6.92 Å². The minimum absolute atomic E-state index is 0.0862. The van der Waals surface area contributed by atoms with Gasteiger partial charge in [0.15, 0.2) is 5.82 Å². The highest BCUT2D eigenvalue weighted by Gasteiger charge is 2.37. The molecule has 12 heteroatoms. The number of hydrogen-bond donors (Lipinski definition) is 2. The molecule has 0 aromatic carbocycles. The van der Waals surface area contributed by atoms with Gasteiger partial charge in [-0.25, -0.2) is 23.4 Å². The normalized spacial score (nSPS) is 13.9. The van der Waals surface area contributed by atoms with Gasteiger partial charge in [-0.2, -0.15) is 0 Å². The lowest BCUT2D eigenvalue weighted by Crippen LogP contribution is -2.36. The molecule has 4 rings (SSSR count). The molecule has 1 amide bonds. The van der Waals surface area contributed by atoms with Crippen molar-refractivity contribution in [1.82, 2.24) is 24.9 Å². The molecule has 0 saturated heterocycles. The third-order valence-electron chi connectivity index (χ3n) is 5.26. The highest BCUT2D eigenvalue weighted by Crippen LogP contribution is 2.30. The third-order valence-corrected chi connectivity index (χ3v) is 7.10. The van der Waals surface area contributed by atoms with Crippen LogP contribution in [0.4, 0.5) is 11.6 Å². The molecule has 1 fully saturated rings. The van der Waals surface area contributed by atoms with Crippen LogP contribution in [0.1, 0.15) is 39.3 Å². The Kier molecular flexibility index (Phi) is 6.42. The smallest absolute Gasteiger partial charge is 0.237 e. The van der Waals surface area contributed by atoms with Gasteiger partial charge in [0.05, 0.1) is 47.3 Å². The van der Waals surface area contributed by atoms with Crippen LogP contribution in [0.5, 0.6) is 5.88 Å². The molecule has 3 aromatic rings. The summed E-state index contributed by atoms with van der Waals surface area (Å²) in [5.74, 6) is 0.474. The molecule has 0 bridgehead atoms. The van der Waals surface area contributed by atoms with Crippen molar-refractivity contribution in [3.8, 4) is 17.1 Å². The van der Waals surface area contributed by atoms with E-state index < -0.39 is 20.7 Å². The second-order valence-corrected chi connectivity index (χ2v) is 10.3. The summed E-state index contributed by atoms with van der Waals surface area (Å²) in [6.07, 6.45) is 8.74. The topological polar surface area (TPSA) is 149 Å². The van der Waals surface area contributed by atoms with Crippen molar-refractivity contribution in [3.63, 3.8) is 0 Å². The molecule has 3 aromatic heterocycles. The monoisotopic (exact) mass is 483 g/mol. The van der Waals surface area contributed by atoms with Crippen molar-refractivity contribution >= 4 is 27.6 Å². The van der Waals surface area contributed by atoms with Gasteiger partial charge >= 0.3 is 0 Å². The number of nitrogens with zero attached hydrogens (tertiary/aromatic N) is 5. The standard InChI is InChI=1S/C22H25N7O4S/c1-4-33-20-13-23-10-16(26-20)14-5-8-18(25-9-14)28-21(30)22(2,3)17-11-24-12-19(27-17)29-34(31,32)15-6-7-15/h5,8-13,15H,4,6-7H2,1-3H3,(H,27,29)(H,25,28,30). The summed E-state index contributed by atoms with van der Waals surface area (Å²) in [6.45, 7) is 5.70. The molecule has 0 unspecified atom stereocenters. The minimum atomic E-state index is -3.48. The summed E-state index contributed by atoms with van der Waals surface area (Å²) in [4.78, 5) is 34.2. The van der Waals surface area contributed by atoms with Gasteiger partial charge in [-0.05, 0) is 45.7 Å². The number of anilines is 2.